The highest BCUT2D eigenvalue weighted by molar-refractivity contribution is 6.67. The fourth-order valence-electron chi connectivity index (χ4n) is 9.10. The van der Waals surface area contributed by atoms with Gasteiger partial charge in [-0.05, 0) is 56.9 Å². The van der Waals surface area contributed by atoms with Gasteiger partial charge in [0.05, 0.1) is 0 Å². The summed E-state index contributed by atoms with van der Waals surface area (Å²) in [5.41, 5.74) is 1.35. The molecule has 0 spiro atoms. The van der Waals surface area contributed by atoms with E-state index < -0.39 is 0 Å². The summed E-state index contributed by atoms with van der Waals surface area (Å²) in [6.07, 6.45) is 80.5. The van der Waals surface area contributed by atoms with Crippen LogP contribution in [-0.4, -0.2) is 11.7 Å². The van der Waals surface area contributed by atoms with Crippen LogP contribution < -0.4 is 0 Å². The molecule has 1 heterocycles. The van der Waals surface area contributed by atoms with E-state index in [1.54, 1.807) is 0 Å². The van der Waals surface area contributed by atoms with Crippen molar-refractivity contribution in [2.45, 2.75) is 310 Å². The lowest BCUT2D eigenvalue weighted by atomic mass is 9.58. The molecule has 0 N–H and O–H groups in total. The van der Waals surface area contributed by atoms with E-state index in [2.05, 4.69) is 80.2 Å². The van der Waals surface area contributed by atoms with Gasteiger partial charge < -0.3 is 4.81 Å². The Labute approximate surface area is 380 Å². The fourth-order valence-corrected chi connectivity index (χ4v) is 9.10. The number of allylic oxidation sites excluding steroid dienone is 6. The minimum atomic E-state index is 0.329. The molecule has 0 saturated heterocycles. The van der Waals surface area contributed by atoms with E-state index in [-0.39, 0.29) is 0 Å². The van der Waals surface area contributed by atoms with Crippen LogP contribution in [0.1, 0.15) is 310 Å². The summed E-state index contributed by atoms with van der Waals surface area (Å²) in [5.74, 6) is 4.87. The maximum Gasteiger partial charge on any atom is 0.312 e. The van der Waals surface area contributed by atoms with Crippen LogP contribution >= 0.6 is 0 Å². The van der Waals surface area contributed by atoms with Crippen LogP contribution in [0.25, 0.3) is 0 Å². The van der Waals surface area contributed by atoms with Crippen molar-refractivity contribution >= 4 is 6.85 Å². The molecule has 1 aliphatic rings. The molecular weight excluding hydrogens is 721 g/mol. The summed E-state index contributed by atoms with van der Waals surface area (Å²) in [5, 5.41) is 0. The lowest BCUT2D eigenvalue weighted by Gasteiger charge is -2.28. The zero-order valence-corrected chi connectivity index (χ0v) is 41.5. The summed E-state index contributed by atoms with van der Waals surface area (Å²) in [6, 6.07) is 0. The van der Waals surface area contributed by atoms with E-state index in [0.29, 0.717) is 6.85 Å². The molecule has 0 aromatic carbocycles. The van der Waals surface area contributed by atoms with Gasteiger partial charge in [0.1, 0.15) is 0 Å². The van der Waals surface area contributed by atoms with Gasteiger partial charge in [-0.3, -0.25) is 0 Å². The summed E-state index contributed by atoms with van der Waals surface area (Å²) >= 11 is 0. The Morgan fingerprint density at radius 2 is 0.633 bits per heavy atom. The van der Waals surface area contributed by atoms with Crippen LogP contribution in [0.15, 0.2) is 60.3 Å². The average Bonchev–Trinajstić information content (AvgIpc) is 3.26. The predicted molar refractivity (Wildman–Crippen MR) is 277 cm³/mol. The Bertz CT molecular complexity index is 989. The van der Waals surface area contributed by atoms with E-state index in [9.17, 15) is 0 Å². The number of hydrogen-bond acceptors (Lipinski definition) is 1. The van der Waals surface area contributed by atoms with E-state index in [1.165, 1.54) is 295 Å². The third-order valence-corrected chi connectivity index (χ3v) is 13.3. The SMILES string of the molecule is CCCCCCCCCCCCCCCC/C=C/B1C=CC=C(/C=C/CCCCCCCCCCCCCCCC)N1/C=C/CCCCCCCCCCCCCCCC. The maximum atomic E-state index is 2.53. The summed E-state index contributed by atoms with van der Waals surface area (Å²) in [7, 11) is 0. The monoisotopic (exact) mass is 830 g/mol. The third-order valence-electron chi connectivity index (χ3n) is 13.3. The standard InChI is InChI=1S/C58H108BN/c1-4-7-10-13-16-19-22-25-28-31-34-37-40-43-46-49-53-58-54-52-56-59(55-50-47-44-41-38-35-32-29-26-23-20-17-14-11-8-5-2)60(58)57-51-48-45-42-39-36-33-30-27-24-21-18-15-12-9-6-3/h49-57H,4-48H2,1-3H3/b53-49+,55-50+,57-51+. The molecule has 0 unspecified atom stereocenters. The van der Waals surface area contributed by atoms with Crippen molar-refractivity contribution in [2.24, 2.45) is 0 Å². The molecule has 0 atom stereocenters. The van der Waals surface area contributed by atoms with E-state index in [1.807, 2.05) is 0 Å². The molecule has 0 aromatic heterocycles. The zero-order chi connectivity index (χ0) is 42.9. The lowest BCUT2D eigenvalue weighted by Crippen LogP contribution is -2.33. The number of rotatable bonds is 48. The van der Waals surface area contributed by atoms with Crippen LogP contribution in [0.5, 0.6) is 0 Å². The van der Waals surface area contributed by atoms with Gasteiger partial charge in [-0.15, -0.1) is 0 Å². The Hall–Kier alpha value is -1.44. The van der Waals surface area contributed by atoms with Crippen molar-refractivity contribution in [3.63, 3.8) is 0 Å². The van der Waals surface area contributed by atoms with E-state index in [0.717, 1.165) is 0 Å². The largest absolute Gasteiger partial charge is 0.384 e. The maximum absolute atomic E-state index is 2.53. The second-order valence-electron chi connectivity index (χ2n) is 19.2. The fraction of sp³-hybridized carbons (Fsp3) is 0.828. The van der Waals surface area contributed by atoms with Crippen molar-refractivity contribution in [3.05, 3.63) is 60.3 Å². The van der Waals surface area contributed by atoms with Crippen LogP contribution in [-0.2, 0) is 0 Å². The first kappa shape index (κ1) is 56.6. The van der Waals surface area contributed by atoms with Crippen LogP contribution in [0, 0.1) is 0 Å². The first-order valence-electron chi connectivity index (χ1n) is 28.0. The molecule has 0 aromatic rings. The second kappa shape index (κ2) is 48.6. The zero-order valence-electron chi connectivity index (χ0n) is 41.5. The molecule has 1 aliphatic heterocycles. The summed E-state index contributed by atoms with van der Waals surface area (Å²) in [4.78, 5) is 2.53. The number of hydrogen-bond donors (Lipinski definition) is 0. The van der Waals surface area contributed by atoms with Crippen molar-refractivity contribution < 1.29 is 0 Å². The minimum absolute atomic E-state index is 0.329. The Balaban J connectivity index is 2.36. The number of unbranched alkanes of at least 4 members (excludes halogenated alkanes) is 42. The van der Waals surface area contributed by atoms with E-state index in [4.69, 9.17) is 0 Å². The highest BCUT2D eigenvalue weighted by Gasteiger charge is 2.19. The second-order valence-corrected chi connectivity index (χ2v) is 19.2. The van der Waals surface area contributed by atoms with Gasteiger partial charge in [0.25, 0.3) is 0 Å². The molecule has 0 aliphatic carbocycles. The van der Waals surface area contributed by atoms with Crippen molar-refractivity contribution in [1.82, 2.24) is 4.81 Å². The molecular formula is C58H108BN. The molecule has 0 amide bonds. The molecule has 0 fully saturated rings. The van der Waals surface area contributed by atoms with Gasteiger partial charge in [0.15, 0.2) is 0 Å². The highest BCUT2D eigenvalue weighted by atomic mass is 15.0. The van der Waals surface area contributed by atoms with Gasteiger partial charge >= 0.3 is 6.85 Å². The Morgan fingerprint density at radius 3 is 0.967 bits per heavy atom. The molecule has 0 saturated carbocycles. The summed E-state index contributed by atoms with van der Waals surface area (Å²) in [6.45, 7) is 7.26. The molecule has 2 heteroatoms. The van der Waals surface area contributed by atoms with Gasteiger partial charge in [-0.1, -0.05) is 307 Å². The molecule has 1 nitrogen and oxygen atoms in total. The van der Waals surface area contributed by atoms with Crippen molar-refractivity contribution in [3.8, 4) is 0 Å². The molecule has 1 rings (SSSR count). The quantitative estimate of drug-likeness (QED) is 0.0436. The Kier molecular flexibility index (Phi) is 45.8. The smallest absolute Gasteiger partial charge is 0.312 e. The van der Waals surface area contributed by atoms with Gasteiger partial charge in [0, 0.05) is 5.70 Å². The van der Waals surface area contributed by atoms with Crippen molar-refractivity contribution in [2.75, 3.05) is 0 Å². The Morgan fingerprint density at radius 1 is 0.350 bits per heavy atom. The number of nitrogens with zero attached hydrogens (tertiary/aromatic N) is 1. The van der Waals surface area contributed by atoms with Gasteiger partial charge in [0.2, 0.25) is 0 Å². The van der Waals surface area contributed by atoms with Gasteiger partial charge in [-0.2, -0.15) is 0 Å². The molecule has 348 valence electrons. The average molecular weight is 830 g/mol. The predicted octanol–water partition coefficient (Wildman–Crippen LogP) is 21.1. The summed E-state index contributed by atoms with van der Waals surface area (Å²) < 4.78 is 0. The first-order valence-corrected chi connectivity index (χ1v) is 28.0. The van der Waals surface area contributed by atoms with Crippen LogP contribution in [0.3, 0.4) is 0 Å². The van der Waals surface area contributed by atoms with Crippen molar-refractivity contribution in [1.29, 1.82) is 0 Å². The highest BCUT2D eigenvalue weighted by Crippen LogP contribution is 2.21. The minimum Gasteiger partial charge on any atom is -0.384 e. The normalized spacial score (nSPS) is 13.3. The van der Waals surface area contributed by atoms with Gasteiger partial charge in [-0.25, -0.2) is 0 Å². The molecule has 60 heavy (non-hydrogen) atoms. The molecule has 0 bridgehead atoms. The topological polar surface area (TPSA) is 3.24 Å². The first-order chi connectivity index (χ1) is 29.8. The third kappa shape index (κ3) is 39.4. The molecule has 0 radical (unpaired) electrons. The van der Waals surface area contributed by atoms with E-state index >= 15 is 0 Å². The lowest BCUT2D eigenvalue weighted by molar-refractivity contribution is 0.536. The van der Waals surface area contributed by atoms with Crippen LogP contribution in [0.2, 0.25) is 0 Å². The van der Waals surface area contributed by atoms with Crippen LogP contribution in [0.4, 0.5) is 0 Å².